The van der Waals surface area contributed by atoms with Crippen LogP contribution in [0.3, 0.4) is 0 Å². The minimum atomic E-state index is 0. The maximum atomic E-state index is 12.1. The molecule has 8 heteroatoms. The Kier molecular flexibility index (Phi) is 7.85. The summed E-state index contributed by atoms with van der Waals surface area (Å²) in [7, 11) is 1.79. The van der Waals surface area contributed by atoms with E-state index >= 15 is 0 Å². The van der Waals surface area contributed by atoms with E-state index in [-0.39, 0.29) is 41.2 Å². The highest BCUT2D eigenvalue weighted by atomic mass is 127. The number of ether oxygens (including phenoxy) is 2. The average molecular weight is 576 g/mol. The van der Waals surface area contributed by atoms with Crippen molar-refractivity contribution in [3.05, 3.63) is 53.6 Å². The zero-order valence-electron chi connectivity index (χ0n) is 19.6. The van der Waals surface area contributed by atoms with Crippen LogP contribution in [-0.4, -0.2) is 45.2 Å². The van der Waals surface area contributed by atoms with E-state index in [1.54, 1.807) is 7.05 Å². The molecule has 7 nitrogen and oxygen atoms in total. The molecule has 34 heavy (non-hydrogen) atoms. The number of aliphatic imine (C=N–C) groups is 1. The van der Waals surface area contributed by atoms with Crippen molar-refractivity contribution >= 4 is 41.5 Å². The second-order valence-corrected chi connectivity index (χ2v) is 9.19. The van der Waals surface area contributed by atoms with Crippen LogP contribution in [0, 0.1) is 0 Å². The highest BCUT2D eigenvalue weighted by Crippen LogP contribution is 2.43. The van der Waals surface area contributed by atoms with Crippen LogP contribution in [0.1, 0.15) is 49.1 Å². The molecular weight excluding hydrogens is 543 g/mol. The van der Waals surface area contributed by atoms with E-state index in [4.69, 9.17) is 9.47 Å². The number of guanidine groups is 1. The summed E-state index contributed by atoms with van der Waals surface area (Å²) in [5.74, 6) is 2.63. The monoisotopic (exact) mass is 576 g/mol. The Balaban J connectivity index is 0.00000274. The molecule has 3 N–H and O–H groups in total. The summed E-state index contributed by atoms with van der Waals surface area (Å²) in [4.78, 5) is 16.6. The van der Waals surface area contributed by atoms with Gasteiger partial charge in [0.25, 0.3) is 0 Å². The van der Waals surface area contributed by atoms with E-state index in [0.717, 1.165) is 42.5 Å². The van der Waals surface area contributed by atoms with Crippen molar-refractivity contribution < 1.29 is 14.3 Å². The maximum absolute atomic E-state index is 12.1. The number of para-hydroxylation sites is 1. The van der Waals surface area contributed by atoms with E-state index in [2.05, 4.69) is 39.1 Å². The van der Waals surface area contributed by atoms with Crippen LogP contribution in [0.15, 0.2) is 47.5 Å². The fourth-order valence-electron chi connectivity index (χ4n) is 5.37. The van der Waals surface area contributed by atoms with E-state index in [9.17, 15) is 4.79 Å². The summed E-state index contributed by atoms with van der Waals surface area (Å²) < 4.78 is 11.6. The van der Waals surface area contributed by atoms with Gasteiger partial charge in [-0.15, -0.1) is 24.0 Å². The molecule has 1 atom stereocenters. The van der Waals surface area contributed by atoms with Gasteiger partial charge in [0.15, 0.2) is 17.5 Å². The molecule has 2 aliphatic heterocycles. The van der Waals surface area contributed by atoms with Crippen LogP contribution in [0.25, 0.3) is 0 Å². The van der Waals surface area contributed by atoms with Crippen molar-refractivity contribution in [1.82, 2.24) is 10.6 Å². The van der Waals surface area contributed by atoms with Crippen LogP contribution < -0.4 is 25.4 Å². The first-order valence-electron chi connectivity index (χ1n) is 11.9. The highest BCUT2D eigenvalue weighted by molar-refractivity contribution is 14.0. The van der Waals surface area contributed by atoms with E-state index in [1.807, 2.05) is 24.3 Å². The summed E-state index contributed by atoms with van der Waals surface area (Å²) in [5.41, 5.74) is 3.42. The average Bonchev–Trinajstić information content (AvgIpc) is 3.34. The van der Waals surface area contributed by atoms with E-state index in [0.29, 0.717) is 26.2 Å². The molecular formula is C26H33IN4O3. The van der Waals surface area contributed by atoms with Gasteiger partial charge in [0, 0.05) is 43.6 Å². The molecule has 0 aromatic heterocycles. The van der Waals surface area contributed by atoms with Crippen molar-refractivity contribution in [1.29, 1.82) is 0 Å². The Bertz CT molecular complexity index is 1050. The molecule has 0 radical (unpaired) electrons. The molecule has 2 aromatic rings. The van der Waals surface area contributed by atoms with Gasteiger partial charge in [-0.2, -0.15) is 0 Å². The van der Waals surface area contributed by atoms with Gasteiger partial charge in [-0.3, -0.25) is 9.79 Å². The lowest BCUT2D eigenvalue weighted by Crippen LogP contribution is -2.46. The summed E-state index contributed by atoms with van der Waals surface area (Å²) >= 11 is 0. The van der Waals surface area contributed by atoms with E-state index < -0.39 is 0 Å². The van der Waals surface area contributed by atoms with Gasteiger partial charge < -0.3 is 25.4 Å². The molecule has 1 aliphatic carbocycles. The van der Waals surface area contributed by atoms with Gasteiger partial charge in [0.1, 0.15) is 13.2 Å². The lowest BCUT2D eigenvalue weighted by atomic mass is 9.78. The van der Waals surface area contributed by atoms with Crippen molar-refractivity contribution in [2.45, 2.75) is 43.4 Å². The number of fused-ring (bicyclic) bond motifs is 2. The molecule has 2 heterocycles. The smallest absolute Gasteiger partial charge is 0.225 e. The topological polar surface area (TPSA) is 84.0 Å². The van der Waals surface area contributed by atoms with Crippen molar-refractivity contribution in [2.75, 3.05) is 38.7 Å². The van der Waals surface area contributed by atoms with E-state index in [1.165, 1.54) is 24.0 Å². The Hall–Kier alpha value is -2.49. The fourth-order valence-corrected chi connectivity index (χ4v) is 5.37. The normalized spacial score (nSPS) is 20.6. The standard InChI is InChI=1S/C26H32N4O3.HI/c1-27-25(28-16-18-14-24(31)30-21-7-3-2-6-20(18)21)29-17-26(10-4-5-11-26)19-8-9-22-23(15-19)33-13-12-32-22;/h2-3,6-9,15,18H,4-5,10-14,16-17H2,1H3,(H,30,31)(H2,27,28,29);1H. The van der Waals surface area contributed by atoms with Gasteiger partial charge >= 0.3 is 0 Å². The summed E-state index contributed by atoms with van der Waals surface area (Å²) in [6, 6.07) is 14.4. The number of carbonyl (C=O) groups is 1. The molecule has 1 fully saturated rings. The molecule has 1 amide bonds. The molecule has 182 valence electrons. The number of anilines is 1. The Morgan fingerprint density at radius 3 is 2.65 bits per heavy atom. The number of carbonyl (C=O) groups excluding carboxylic acids is 1. The summed E-state index contributed by atoms with van der Waals surface area (Å²) in [6.07, 6.45) is 5.17. The molecule has 0 saturated heterocycles. The van der Waals surface area contributed by atoms with Crippen LogP contribution >= 0.6 is 24.0 Å². The molecule has 3 aliphatic rings. The first-order valence-corrected chi connectivity index (χ1v) is 11.9. The molecule has 0 spiro atoms. The second kappa shape index (κ2) is 10.8. The summed E-state index contributed by atoms with van der Waals surface area (Å²) in [5, 5.41) is 10.00. The molecule has 2 aromatic carbocycles. The number of hydrogen-bond donors (Lipinski definition) is 3. The third-order valence-corrected chi connectivity index (χ3v) is 7.16. The van der Waals surface area contributed by atoms with Crippen molar-refractivity contribution in [2.24, 2.45) is 4.99 Å². The predicted octanol–water partition coefficient (Wildman–Crippen LogP) is 4.18. The fraction of sp³-hybridized carbons (Fsp3) is 0.462. The number of halogens is 1. The summed E-state index contributed by atoms with van der Waals surface area (Å²) in [6.45, 7) is 2.66. The van der Waals surface area contributed by atoms with Gasteiger partial charge in [-0.1, -0.05) is 37.1 Å². The SMILES string of the molecule is CN=C(NCC1CC(=O)Nc2ccccc21)NCC1(c2ccc3c(c2)OCCO3)CCCC1.I. The van der Waals surface area contributed by atoms with Gasteiger partial charge in [0.05, 0.1) is 0 Å². The van der Waals surface area contributed by atoms with Crippen LogP contribution in [0.2, 0.25) is 0 Å². The minimum absolute atomic E-state index is 0. The van der Waals surface area contributed by atoms with Crippen molar-refractivity contribution in [3.8, 4) is 11.5 Å². The zero-order valence-corrected chi connectivity index (χ0v) is 21.9. The van der Waals surface area contributed by atoms with Crippen LogP contribution in [0.4, 0.5) is 5.69 Å². The quantitative estimate of drug-likeness (QED) is 0.283. The third-order valence-electron chi connectivity index (χ3n) is 7.16. The number of nitrogens with zero attached hydrogens (tertiary/aromatic N) is 1. The lowest BCUT2D eigenvalue weighted by Gasteiger charge is -2.32. The van der Waals surface area contributed by atoms with Gasteiger partial charge in [-0.05, 0) is 42.2 Å². The Morgan fingerprint density at radius 2 is 1.85 bits per heavy atom. The number of nitrogens with one attached hydrogen (secondary N) is 3. The Morgan fingerprint density at radius 1 is 1.09 bits per heavy atom. The van der Waals surface area contributed by atoms with Crippen LogP contribution in [-0.2, 0) is 10.2 Å². The number of hydrogen-bond acceptors (Lipinski definition) is 4. The third kappa shape index (κ3) is 5.11. The van der Waals surface area contributed by atoms with Gasteiger partial charge in [-0.25, -0.2) is 0 Å². The second-order valence-electron chi connectivity index (χ2n) is 9.19. The number of amides is 1. The molecule has 1 unspecified atom stereocenters. The minimum Gasteiger partial charge on any atom is -0.486 e. The zero-order chi connectivity index (χ0) is 22.7. The number of benzene rings is 2. The highest BCUT2D eigenvalue weighted by Gasteiger charge is 2.36. The van der Waals surface area contributed by atoms with Crippen LogP contribution in [0.5, 0.6) is 11.5 Å². The number of rotatable bonds is 5. The first kappa shape index (κ1) is 24.6. The lowest BCUT2D eigenvalue weighted by molar-refractivity contribution is -0.116. The maximum Gasteiger partial charge on any atom is 0.225 e. The molecule has 0 bridgehead atoms. The molecule has 5 rings (SSSR count). The predicted molar refractivity (Wildman–Crippen MR) is 145 cm³/mol. The molecule has 1 saturated carbocycles. The van der Waals surface area contributed by atoms with Gasteiger partial charge in [0.2, 0.25) is 5.91 Å². The largest absolute Gasteiger partial charge is 0.486 e. The van der Waals surface area contributed by atoms with Crippen molar-refractivity contribution in [3.63, 3.8) is 0 Å². The first-order chi connectivity index (χ1) is 16.2. The Labute approximate surface area is 218 Å².